The number of aromatic nitrogens is 2. The molecule has 1 aromatic heterocycles. The molecule has 0 unspecified atom stereocenters. The number of nitrogens with one attached hydrogen (secondary N) is 1. The number of amides is 1. The summed E-state index contributed by atoms with van der Waals surface area (Å²) in [6.07, 6.45) is 5.88. The first kappa shape index (κ1) is 27.7. The van der Waals surface area contributed by atoms with Crippen LogP contribution in [0, 0.1) is 5.41 Å². The number of fused-ring (bicyclic) bond motifs is 1. The van der Waals surface area contributed by atoms with Crippen molar-refractivity contribution in [3.8, 4) is 22.6 Å². The number of nitrogens with zero attached hydrogens (tertiary/aromatic N) is 3. The van der Waals surface area contributed by atoms with E-state index in [4.69, 9.17) is 9.47 Å². The van der Waals surface area contributed by atoms with Crippen LogP contribution in [0.1, 0.15) is 35.2 Å². The minimum atomic E-state index is -0.398. The third-order valence-electron chi connectivity index (χ3n) is 9.34. The topological polar surface area (TPSA) is 87.8 Å². The Kier molecular flexibility index (Phi) is 7.04. The molecule has 0 bridgehead atoms. The van der Waals surface area contributed by atoms with Crippen LogP contribution in [0.5, 0.6) is 11.5 Å². The molecular formula is C36H34N4O4. The summed E-state index contributed by atoms with van der Waals surface area (Å²) in [6, 6.07) is 25.4. The highest BCUT2D eigenvalue weighted by atomic mass is 16.5. The van der Waals surface area contributed by atoms with Gasteiger partial charge >= 0.3 is 0 Å². The summed E-state index contributed by atoms with van der Waals surface area (Å²) in [4.78, 5) is 31.9. The molecule has 0 radical (unpaired) electrons. The lowest BCUT2D eigenvalue weighted by Gasteiger charge is -2.39. The number of benzene rings is 4. The van der Waals surface area contributed by atoms with Crippen molar-refractivity contribution in [3.05, 3.63) is 102 Å². The van der Waals surface area contributed by atoms with Crippen molar-refractivity contribution in [2.24, 2.45) is 5.41 Å². The highest BCUT2D eigenvalue weighted by molar-refractivity contribution is 6.14. The Morgan fingerprint density at radius 1 is 0.864 bits per heavy atom. The number of aromatic amines is 1. The van der Waals surface area contributed by atoms with Crippen molar-refractivity contribution in [1.82, 2.24) is 10.2 Å². The molecule has 0 saturated carbocycles. The van der Waals surface area contributed by atoms with Crippen molar-refractivity contribution in [1.29, 1.82) is 0 Å². The number of hydrogen-bond donors (Lipinski definition) is 1. The molecule has 2 fully saturated rings. The lowest BCUT2D eigenvalue weighted by Crippen LogP contribution is -2.45. The summed E-state index contributed by atoms with van der Waals surface area (Å²) < 4.78 is 11.0. The van der Waals surface area contributed by atoms with E-state index in [2.05, 4.69) is 15.1 Å². The number of carbonyl (C=O) groups excluding carboxylic acids is 2. The normalized spacial score (nSPS) is 16.1. The minimum Gasteiger partial charge on any atom is -0.497 e. The predicted molar refractivity (Wildman–Crippen MR) is 172 cm³/mol. The lowest BCUT2D eigenvalue weighted by atomic mass is 9.77. The Bertz CT molecular complexity index is 1860. The van der Waals surface area contributed by atoms with Gasteiger partial charge in [-0.2, -0.15) is 5.10 Å². The average Bonchev–Trinajstić information content (AvgIpc) is 3.73. The number of methoxy groups -OCH3 is 2. The molecule has 8 heteroatoms. The van der Waals surface area contributed by atoms with Gasteiger partial charge in [-0.1, -0.05) is 30.3 Å². The van der Waals surface area contributed by atoms with Crippen LogP contribution in [0.4, 0.5) is 11.4 Å². The maximum absolute atomic E-state index is 13.9. The van der Waals surface area contributed by atoms with E-state index in [1.54, 1.807) is 20.4 Å². The first-order valence-electron chi connectivity index (χ1n) is 15.0. The molecule has 44 heavy (non-hydrogen) atoms. The Balaban J connectivity index is 1.08. The first-order valence-corrected chi connectivity index (χ1v) is 15.0. The van der Waals surface area contributed by atoms with Crippen LogP contribution in [0.15, 0.2) is 91.3 Å². The van der Waals surface area contributed by atoms with E-state index < -0.39 is 5.41 Å². The smallest absolute Gasteiger partial charge is 0.233 e. The van der Waals surface area contributed by atoms with Crippen molar-refractivity contribution in [3.63, 3.8) is 0 Å². The molecule has 1 amide bonds. The Morgan fingerprint density at radius 3 is 2.41 bits per heavy atom. The number of carbonyl (C=O) groups is 2. The standard InChI is InChI=1S/C36H34N4O4/c1-43-29-11-9-24-19-26(8-7-25(24)20-29)34(41)31-5-3-4-6-32(31)39-16-13-36(14-17-39)15-18-40(35(36)42)28-10-12-30(33(21-28)44-2)27-22-37-38-23-27/h3-12,19-23H,13-18H2,1-2H3,(H,37,38). The second-order valence-corrected chi connectivity index (χ2v) is 11.6. The van der Waals surface area contributed by atoms with Crippen molar-refractivity contribution < 1.29 is 19.1 Å². The van der Waals surface area contributed by atoms with Crippen molar-refractivity contribution >= 4 is 33.8 Å². The molecule has 0 aliphatic carbocycles. The van der Waals surface area contributed by atoms with E-state index in [0.717, 1.165) is 58.3 Å². The van der Waals surface area contributed by atoms with Crippen LogP contribution < -0.4 is 19.3 Å². The summed E-state index contributed by atoms with van der Waals surface area (Å²) >= 11 is 0. The molecule has 2 saturated heterocycles. The van der Waals surface area contributed by atoms with E-state index in [1.165, 1.54) is 0 Å². The van der Waals surface area contributed by atoms with Gasteiger partial charge in [-0.25, -0.2) is 0 Å². The number of piperidine rings is 1. The fraction of sp³-hybridized carbons (Fsp3) is 0.250. The highest BCUT2D eigenvalue weighted by Gasteiger charge is 2.48. The number of para-hydroxylation sites is 1. The van der Waals surface area contributed by atoms with Crippen molar-refractivity contribution in [2.45, 2.75) is 19.3 Å². The average molecular weight is 587 g/mol. The van der Waals surface area contributed by atoms with Crippen LogP contribution in [0.2, 0.25) is 0 Å². The molecule has 1 N–H and O–H groups in total. The molecule has 2 aliphatic heterocycles. The summed E-state index contributed by atoms with van der Waals surface area (Å²) in [5.41, 5.74) is 4.57. The van der Waals surface area contributed by atoms with Crippen LogP contribution >= 0.6 is 0 Å². The third-order valence-corrected chi connectivity index (χ3v) is 9.34. The lowest BCUT2D eigenvalue weighted by molar-refractivity contribution is -0.126. The van der Waals surface area contributed by atoms with E-state index in [0.29, 0.717) is 36.5 Å². The number of H-pyrrole nitrogens is 1. The Morgan fingerprint density at radius 2 is 1.64 bits per heavy atom. The van der Waals surface area contributed by atoms with E-state index in [-0.39, 0.29) is 11.7 Å². The second kappa shape index (κ2) is 11.2. The number of anilines is 2. The van der Waals surface area contributed by atoms with E-state index >= 15 is 0 Å². The molecule has 7 rings (SSSR count). The van der Waals surface area contributed by atoms with Gasteiger partial charge in [-0.3, -0.25) is 14.7 Å². The fourth-order valence-electron chi connectivity index (χ4n) is 6.78. The quantitative estimate of drug-likeness (QED) is 0.219. The van der Waals surface area contributed by atoms with Gasteiger partial charge < -0.3 is 19.3 Å². The summed E-state index contributed by atoms with van der Waals surface area (Å²) in [7, 11) is 3.29. The van der Waals surface area contributed by atoms with E-state index in [1.807, 2.05) is 90.0 Å². The highest BCUT2D eigenvalue weighted by Crippen LogP contribution is 2.45. The summed E-state index contributed by atoms with van der Waals surface area (Å²) in [6.45, 7) is 2.10. The maximum atomic E-state index is 13.9. The molecule has 0 atom stereocenters. The molecular weight excluding hydrogens is 552 g/mol. The van der Waals surface area contributed by atoms with Crippen LogP contribution in [0.25, 0.3) is 21.9 Å². The number of hydrogen-bond acceptors (Lipinski definition) is 6. The SMILES string of the molecule is COc1ccc2cc(C(=O)c3ccccc3N3CCC4(CC3)CCN(c3ccc(-c5cn[nH]c5)c(OC)c3)C4=O)ccc2c1. The van der Waals surface area contributed by atoms with Crippen LogP contribution in [-0.2, 0) is 4.79 Å². The van der Waals surface area contributed by atoms with Crippen LogP contribution in [-0.4, -0.2) is 55.7 Å². The Hall–Kier alpha value is -5.11. The molecule has 1 spiro atoms. The first-order chi connectivity index (χ1) is 21.5. The van der Waals surface area contributed by atoms with Gasteiger partial charge in [0.15, 0.2) is 5.78 Å². The zero-order valence-electron chi connectivity index (χ0n) is 24.9. The molecule has 8 nitrogen and oxygen atoms in total. The van der Waals surface area contributed by atoms with Gasteiger partial charge in [-0.15, -0.1) is 0 Å². The zero-order valence-corrected chi connectivity index (χ0v) is 24.9. The van der Waals surface area contributed by atoms with E-state index in [9.17, 15) is 9.59 Å². The molecule has 222 valence electrons. The minimum absolute atomic E-state index is 0.00506. The van der Waals surface area contributed by atoms with Gasteiger partial charge in [0, 0.05) is 65.5 Å². The second-order valence-electron chi connectivity index (χ2n) is 11.6. The maximum Gasteiger partial charge on any atom is 0.233 e. The molecule has 5 aromatic rings. The summed E-state index contributed by atoms with van der Waals surface area (Å²) in [5.74, 6) is 1.67. The largest absolute Gasteiger partial charge is 0.497 e. The molecule has 3 heterocycles. The van der Waals surface area contributed by atoms with Gasteiger partial charge in [0.2, 0.25) is 5.91 Å². The van der Waals surface area contributed by atoms with Gasteiger partial charge in [0.05, 0.1) is 25.8 Å². The Labute approximate surface area is 256 Å². The van der Waals surface area contributed by atoms with Crippen LogP contribution in [0.3, 0.4) is 0 Å². The fourth-order valence-corrected chi connectivity index (χ4v) is 6.78. The third kappa shape index (κ3) is 4.76. The molecule has 2 aliphatic rings. The molecule has 4 aromatic carbocycles. The number of rotatable bonds is 7. The number of ketones is 1. The summed E-state index contributed by atoms with van der Waals surface area (Å²) in [5, 5.41) is 8.91. The number of ether oxygens (including phenoxy) is 2. The van der Waals surface area contributed by atoms with Crippen molar-refractivity contribution in [2.75, 3.05) is 43.7 Å². The monoisotopic (exact) mass is 586 g/mol. The van der Waals surface area contributed by atoms with Gasteiger partial charge in [0.25, 0.3) is 0 Å². The zero-order chi connectivity index (χ0) is 30.3. The van der Waals surface area contributed by atoms with Gasteiger partial charge in [-0.05, 0) is 72.5 Å². The van der Waals surface area contributed by atoms with Gasteiger partial charge in [0.1, 0.15) is 11.5 Å². The predicted octanol–water partition coefficient (Wildman–Crippen LogP) is 6.50.